The molecule has 0 amide bonds. The average Bonchev–Trinajstić information content (AvgIpc) is 2.40. The van der Waals surface area contributed by atoms with Gasteiger partial charge in [-0.3, -0.25) is 0 Å². The van der Waals surface area contributed by atoms with E-state index in [1.165, 1.54) is 65.2 Å². The number of nitrogens with zero attached hydrogens (tertiary/aromatic N) is 2. The van der Waals surface area contributed by atoms with Crippen molar-refractivity contribution in [2.24, 2.45) is 11.8 Å². The van der Waals surface area contributed by atoms with E-state index in [4.69, 9.17) is 0 Å². The highest BCUT2D eigenvalue weighted by molar-refractivity contribution is 5.85. The Labute approximate surface area is 132 Å². The van der Waals surface area contributed by atoms with Gasteiger partial charge < -0.3 is 15.1 Å². The molecule has 122 valence electrons. The summed E-state index contributed by atoms with van der Waals surface area (Å²) in [4.78, 5) is 5.24. The molecule has 0 saturated carbocycles. The van der Waals surface area contributed by atoms with Gasteiger partial charge in [-0.15, -0.1) is 12.4 Å². The van der Waals surface area contributed by atoms with Gasteiger partial charge in [-0.1, -0.05) is 27.7 Å². The van der Waals surface area contributed by atoms with Crippen molar-refractivity contribution in [3.8, 4) is 0 Å². The molecule has 0 radical (unpaired) electrons. The SMILES string of the molecule is CCN(CC)CCN(CC(C)C)CC1CCNCC1.Cl. The molecule has 0 aromatic rings. The third kappa shape index (κ3) is 8.46. The standard InChI is InChI=1S/C16H35N3.ClH/c1-5-18(6-2)11-12-19(13-15(3)4)14-16-7-9-17-10-8-16;/h15-17H,5-14H2,1-4H3;1H. The van der Waals surface area contributed by atoms with E-state index in [0.717, 1.165) is 11.8 Å². The highest BCUT2D eigenvalue weighted by Gasteiger charge is 2.18. The summed E-state index contributed by atoms with van der Waals surface area (Å²) in [5.74, 6) is 1.69. The summed E-state index contributed by atoms with van der Waals surface area (Å²) in [5, 5.41) is 3.47. The molecule has 0 aliphatic carbocycles. The zero-order valence-electron chi connectivity index (χ0n) is 14.0. The van der Waals surface area contributed by atoms with Crippen LogP contribution in [0.2, 0.25) is 0 Å². The summed E-state index contributed by atoms with van der Waals surface area (Å²) in [6.07, 6.45) is 2.72. The van der Waals surface area contributed by atoms with Gasteiger partial charge in [0, 0.05) is 26.2 Å². The fourth-order valence-electron chi connectivity index (χ4n) is 3.03. The van der Waals surface area contributed by atoms with Gasteiger partial charge in [0.2, 0.25) is 0 Å². The molecule has 4 heteroatoms. The summed E-state index contributed by atoms with van der Waals surface area (Å²) in [5.41, 5.74) is 0. The highest BCUT2D eigenvalue weighted by atomic mass is 35.5. The summed E-state index contributed by atoms with van der Waals surface area (Å²) in [6, 6.07) is 0. The predicted octanol–water partition coefficient (Wildman–Crippen LogP) is 2.71. The van der Waals surface area contributed by atoms with Gasteiger partial charge in [0.25, 0.3) is 0 Å². The Bertz CT molecular complexity index is 214. The molecular formula is C16H36ClN3. The molecular weight excluding hydrogens is 270 g/mol. The molecule has 3 nitrogen and oxygen atoms in total. The van der Waals surface area contributed by atoms with Gasteiger partial charge in [0.15, 0.2) is 0 Å². The first-order valence-corrected chi connectivity index (χ1v) is 8.31. The van der Waals surface area contributed by atoms with Crippen molar-refractivity contribution in [1.29, 1.82) is 0 Å². The molecule has 1 N–H and O–H groups in total. The van der Waals surface area contributed by atoms with Crippen molar-refractivity contribution in [3.05, 3.63) is 0 Å². The van der Waals surface area contributed by atoms with E-state index < -0.39 is 0 Å². The van der Waals surface area contributed by atoms with Gasteiger partial charge in [-0.25, -0.2) is 0 Å². The monoisotopic (exact) mass is 305 g/mol. The average molecular weight is 306 g/mol. The first kappa shape index (κ1) is 20.2. The minimum absolute atomic E-state index is 0. The van der Waals surface area contributed by atoms with E-state index in [0.29, 0.717) is 0 Å². The van der Waals surface area contributed by atoms with E-state index in [2.05, 4.69) is 42.8 Å². The van der Waals surface area contributed by atoms with Crippen LogP contribution in [0, 0.1) is 11.8 Å². The normalized spacial score (nSPS) is 16.9. The molecule has 0 spiro atoms. The molecule has 1 aliphatic rings. The lowest BCUT2D eigenvalue weighted by Crippen LogP contribution is -2.41. The van der Waals surface area contributed by atoms with Gasteiger partial charge in [0.1, 0.15) is 0 Å². The van der Waals surface area contributed by atoms with Crippen molar-refractivity contribution in [2.75, 3.05) is 52.4 Å². The van der Waals surface area contributed by atoms with E-state index in [-0.39, 0.29) is 12.4 Å². The van der Waals surface area contributed by atoms with Gasteiger partial charge in [-0.05, 0) is 50.9 Å². The molecule has 1 saturated heterocycles. The first-order chi connectivity index (χ1) is 9.15. The van der Waals surface area contributed by atoms with Gasteiger partial charge >= 0.3 is 0 Å². The summed E-state index contributed by atoms with van der Waals surface area (Å²) < 4.78 is 0. The lowest BCUT2D eigenvalue weighted by atomic mass is 9.97. The van der Waals surface area contributed by atoms with Crippen LogP contribution in [0.5, 0.6) is 0 Å². The van der Waals surface area contributed by atoms with Crippen molar-refractivity contribution in [3.63, 3.8) is 0 Å². The maximum Gasteiger partial charge on any atom is 0.0110 e. The van der Waals surface area contributed by atoms with Crippen LogP contribution in [0.1, 0.15) is 40.5 Å². The van der Waals surface area contributed by atoms with E-state index in [1.54, 1.807) is 0 Å². The fraction of sp³-hybridized carbons (Fsp3) is 1.00. The molecule has 0 atom stereocenters. The van der Waals surface area contributed by atoms with Crippen molar-refractivity contribution < 1.29 is 0 Å². The number of likely N-dealkylation sites (N-methyl/N-ethyl adjacent to an activating group) is 1. The smallest absolute Gasteiger partial charge is 0.0110 e. The zero-order valence-corrected chi connectivity index (χ0v) is 14.8. The summed E-state index contributed by atoms with van der Waals surface area (Å²) in [6.45, 7) is 19.0. The Kier molecular flexibility index (Phi) is 11.9. The Balaban J connectivity index is 0.00000361. The van der Waals surface area contributed by atoms with Crippen LogP contribution in [0.25, 0.3) is 0 Å². The number of hydrogen-bond acceptors (Lipinski definition) is 3. The van der Waals surface area contributed by atoms with E-state index in [9.17, 15) is 0 Å². The molecule has 20 heavy (non-hydrogen) atoms. The minimum atomic E-state index is 0. The Morgan fingerprint density at radius 2 is 1.55 bits per heavy atom. The third-order valence-electron chi connectivity index (χ3n) is 4.23. The second kappa shape index (κ2) is 11.8. The lowest BCUT2D eigenvalue weighted by molar-refractivity contribution is 0.162. The molecule has 0 aromatic carbocycles. The van der Waals surface area contributed by atoms with Crippen LogP contribution in [0.15, 0.2) is 0 Å². The Morgan fingerprint density at radius 3 is 2.05 bits per heavy atom. The predicted molar refractivity (Wildman–Crippen MR) is 91.9 cm³/mol. The summed E-state index contributed by atoms with van der Waals surface area (Å²) >= 11 is 0. The van der Waals surface area contributed by atoms with Crippen LogP contribution in [-0.4, -0.2) is 62.2 Å². The van der Waals surface area contributed by atoms with Gasteiger partial charge in [-0.2, -0.15) is 0 Å². The van der Waals surface area contributed by atoms with Crippen LogP contribution >= 0.6 is 12.4 Å². The van der Waals surface area contributed by atoms with Crippen molar-refractivity contribution in [1.82, 2.24) is 15.1 Å². The number of hydrogen-bond donors (Lipinski definition) is 1. The minimum Gasteiger partial charge on any atom is -0.317 e. The second-order valence-electron chi connectivity index (χ2n) is 6.37. The fourth-order valence-corrected chi connectivity index (χ4v) is 3.03. The van der Waals surface area contributed by atoms with Crippen LogP contribution in [0.4, 0.5) is 0 Å². The van der Waals surface area contributed by atoms with Crippen molar-refractivity contribution >= 4 is 12.4 Å². The molecule has 0 aromatic heterocycles. The summed E-state index contributed by atoms with van der Waals surface area (Å²) in [7, 11) is 0. The molecule has 1 rings (SSSR count). The topological polar surface area (TPSA) is 18.5 Å². The number of halogens is 1. The van der Waals surface area contributed by atoms with Crippen LogP contribution < -0.4 is 5.32 Å². The van der Waals surface area contributed by atoms with E-state index in [1.807, 2.05) is 0 Å². The largest absolute Gasteiger partial charge is 0.317 e. The molecule has 1 heterocycles. The third-order valence-corrected chi connectivity index (χ3v) is 4.23. The van der Waals surface area contributed by atoms with Crippen molar-refractivity contribution in [2.45, 2.75) is 40.5 Å². The maximum atomic E-state index is 3.47. The lowest BCUT2D eigenvalue weighted by Gasteiger charge is -2.32. The number of nitrogens with one attached hydrogen (secondary N) is 1. The molecule has 1 fully saturated rings. The number of piperidine rings is 1. The van der Waals surface area contributed by atoms with Gasteiger partial charge in [0.05, 0.1) is 0 Å². The first-order valence-electron chi connectivity index (χ1n) is 8.31. The molecule has 1 aliphatic heterocycles. The maximum absolute atomic E-state index is 3.47. The molecule has 0 unspecified atom stereocenters. The Hall–Kier alpha value is 0.170. The second-order valence-corrected chi connectivity index (χ2v) is 6.37. The quantitative estimate of drug-likeness (QED) is 0.706. The van der Waals surface area contributed by atoms with Crippen LogP contribution in [-0.2, 0) is 0 Å². The number of rotatable bonds is 9. The van der Waals surface area contributed by atoms with E-state index >= 15 is 0 Å². The molecule has 0 bridgehead atoms. The Morgan fingerprint density at radius 1 is 1.00 bits per heavy atom. The zero-order chi connectivity index (χ0) is 14.1. The highest BCUT2D eigenvalue weighted by Crippen LogP contribution is 2.14. The van der Waals surface area contributed by atoms with Crippen LogP contribution in [0.3, 0.4) is 0 Å².